The second kappa shape index (κ2) is 7.42. The van der Waals surface area contributed by atoms with Crippen molar-refractivity contribution in [3.05, 3.63) is 53.7 Å². The average molecular weight is 313 g/mol. The Kier molecular flexibility index (Phi) is 5.08. The Bertz CT molecular complexity index is 633. The molecular weight excluding hydrogens is 290 g/mol. The van der Waals surface area contributed by atoms with E-state index in [9.17, 15) is 4.79 Å². The van der Waals surface area contributed by atoms with Gasteiger partial charge in [-0.15, -0.1) is 0 Å². The summed E-state index contributed by atoms with van der Waals surface area (Å²) in [4.78, 5) is 19.1. The van der Waals surface area contributed by atoms with Crippen LogP contribution in [0.3, 0.4) is 0 Å². The molecule has 5 heteroatoms. The second-order valence-electron chi connectivity index (χ2n) is 5.99. The van der Waals surface area contributed by atoms with Crippen LogP contribution in [0.2, 0.25) is 0 Å². The van der Waals surface area contributed by atoms with E-state index in [0.717, 1.165) is 43.0 Å². The van der Waals surface area contributed by atoms with E-state index in [2.05, 4.69) is 15.2 Å². The van der Waals surface area contributed by atoms with Gasteiger partial charge in [-0.05, 0) is 56.6 Å². The number of rotatable bonds is 6. The molecule has 2 aromatic rings. The molecule has 1 saturated heterocycles. The first-order chi connectivity index (χ1) is 11.2. The normalized spacial score (nSPS) is 16.4. The highest BCUT2D eigenvalue weighted by molar-refractivity contribution is 5.83. The molecule has 0 aromatic carbocycles. The number of likely N-dealkylation sites (tertiary alicyclic amines) is 1. The van der Waals surface area contributed by atoms with Gasteiger partial charge in [-0.25, -0.2) is 0 Å². The van der Waals surface area contributed by atoms with Crippen LogP contribution >= 0.6 is 0 Å². The van der Waals surface area contributed by atoms with Crippen molar-refractivity contribution in [1.82, 2.24) is 15.2 Å². The largest absolute Gasteiger partial charge is 0.466 e. The van der Waals surface area contributed by atoms with E-state index in [-0.39, 0.29) is 11.9 Å². The Morgan fingerprint density at radius 3 is 2.83 bits per heavy atom. The number of aryl methyl sites for hydroxylation is 1. The smallest absolute Gasteiger partial charge is 0.242 e. The monoisotopic (exact) mass is 313 g/mol. The molecule has 1 atom stereocenters. The van der Waals surface area contributed by atoms with Crippen molar-refractivity contribution < 1.29 is 9.21 Å². The maximum atomic E-state index is 12.7. The third-order valence-corrected chi connectivity index (χ3v) is 4.22. The molecule has 1 aliphatic heterocycles. The molecule has 0 unspecified atom stereocenters. The number of furan rings is 1. The molecule has 0 bridgehead atoms. The summed E-state index contributed by atoms with van der Waals surface area (Å²) in [5.41, 5.74) is 0.959. The molecule has 0 spiro atoms. The van der Waals surface area contributed by atoms with E-state index >= 15 is 0 Å². The van der Waals surface area contributed by atoms with Crippen LogP contribution in [0.15, 0.2) is 41.1 Å². The van der Waals surface area contributed by atoms with Crippen molar-refractivity contribution in [2.75, 3.05) is 19.6 Å². The zero-order chi connectivity index (χ0) is 16.1. The Balaban J connectivity index is 1.63. The van der Waals surface area contributed by atoms with Gasteiger partial charge in [-0.1, -0.05) is 6.07 Å². The number of carbonyl (C=O) groups excluding carboxylic acids is 1. The Hall–Kier alpha value is -2.14. The minimum Gasteiger partial charge on any atom is -0.466 e. The predicted octanol–water partition coefficient (Wildman–Crippen LogP) is 2.48. The average Bonchev–Trinajstić information content (AvgIpc) is 3.21. The third kappa shape index (κ3) is 3.99. The summed E-state index contributed by atoms with van der Waals surface area (Å²) in [6, 6.07) is 7.52. The van der Waals surface area contributed by atoms with Gasteiger partial charge in [0.15, 0.2) is 0 Å². The molecule has 0 saturated carbocycles. The molecule has 1 N–H and O–H groups in total. The van der Waals surface area contributed by atoms with Gasteiger partial charge in [0.1, 0.15) is 17.6 Å². The van der Waals surface area contributed by atoms with Gasteiger partial charge >= 0.3 is 0 Å². The van der Waals surface area contributed by atoms with Gasteiger partial charge < -0.3 is 9.73 Å². The van der Waals surface area contributed by atoms with Gasteiger partial charge in [0.05, 0.1) is 0 Å². The van der Waals surface area contributed by atoms with Crippen LogP contribution < -0.4 is 5.32 Å². The number of pyridine rings is 1. The van der Waals surface area contributed by atoms with Gasteiger partial charge in [0.25, 0.3) is 0 Å². The second-order valence-corrected chi connectivity index (χ2v) is 5.99. The summed E-state index contributed by atoms with van der Waals surface area (Å²) in [5.74, 6) is 1.85. The summed E-state index contributed by atoms with van der Waals surface area (Å²) in [7, 11) is 0. The molecule has 0 aliphatic carbocycles. The standard InChI is InChI=1S/C18H23N3O2/c1-14-6-7-16(23-14)8-10-20-18(22)17(21-11-2-3-12-21)15-5-4-9-19-13-15/h4-7,9,13,17H,2-3,8,10-12H2,1H3,(H,20,22)/t17-/m0/s1. The van der Waals surface area contributed by atoms with Crippen molar-refractivity contribution in [3.8, 4) is 0 Å². The zero-order valence-corrected chi connectivity index (χ0v) is 13.5. The quantitative estimate of drug-likeness (QED) is 0.890. The molecule has 23 heavy (non-hydrogen) atoms. The molecule has 3 rings (SSSR count). The molecule has 2 aromatic heterocycles. The van der Waals surface area contributed by atoms with Crippen molar-refractivity contribution >= 4 is 5.91 Å². The van der Waals surface area contributed by atoms with Crippen LogP contribution in [0.1, 0.15) is 36.0 Å². The SMILES string of the molecule is Cc1ccc(CCNC(=O)[C@H](c2cccnc2)N2CCCC2)o1. The van der Waals surface area contributed by atoms with Crippen LogP contribution in [0.5, 0.6) is 0 Å². The highest BCUT2D eigenvalue weighted by Crippen LogP contribution is 2.24. The number of nitrogens with zero attached hydrogens (tertiary/aromatic N) is 2. The van der Waals surface area contributed by atoms with E-state index in [0.29, 0.717) is 13.0 Å². The number of amides is 1. The van der Waals surface area contributed by atoms with Crippen LogP contribution in [0, 0.1) is 6.92 Å². The van der Waals surface area contributed by atoms with Crippen LogP contribution in [-0.2, 0) is 11.2 Å². The lowest BCUT2D eigenvalue weighted by Gasteiger charge is -2.26. The van der Waals surface area contributed by atoms with Crippen molar-refractivity contribution in [2.45, 2.75) is 32.2 Å². The lowest BCUT2D eigenvalue weighted by molar-refractivity contribution is -0.126. The molecule has 1 aliphatic rings. The molecule has 3 heterocycles. The fourth-order valence-electron chi connectivity index (χ4n) is 3.09. The van der Waals surface area contributed by atoms with Crippen molar-refractivity contribution in [3.63, 3.8) is 0 Å². The molecule has 1 fully saturated rings. The van der Waals surface area contributed by atoms with Crippen LogP contribution in [-0.4, -0.2) is 35.4 Å². The summed E-state index contributed by atoms with van der Waals surface area (Å²) < 4.78 is 5.54. The summed E-state index contributed by atoms with van der Waals surface area (Å²) >= 11 is 0. The predicted molar refractivity (Wildman–Crippen MR) is 87.9 cm³/mol. The lowest BCUT2D eigenvalue weighted by atomic mass is 10.1. The van der Waals surface area contributed by atoms with E-state index in [1.807, 2.05) is 31.2 Å². The molecule has 0 radical (unpaired) electrons. The fourth-order valence-corrected chi connectivity index (χ4v) is 3.09. The van der Waals surface area contributed by atoms with E-state index in [1.54, 1.807) is 12.4 Å². The van der Waals surface area contributed by atoms with E-state index in [4.69, 9.17) is 4.42 Å². The molecular formula is C18H23N3O2. The first-order valence-electron chi connectivity index (χ1n) is 8.21. The van der Waals surface area contributed by atoms with Gasteiger partial charge in [-0.3, -0.25) is 14.7 Å². The first-order valence-corrected chi connectivity index (χ1v) is 8.21. The Morgan fingerprint density at radius 2 is 2.17 bits per heavy atom. The number of aromatic nitrogens is 1. The Labute approximate surface area is 136 Å². The zero-order valence-electron chi connectivity index (χ0n) is 13.5. The minimum absolute atomic E-state index is 0.0446. The fraction of sp³-hybridized carbons (Fsp3) is 0.444. The van der Waals surface area contributed by atoms with Gasteiger partial charge in [0.2, 0.25) is 5.91 Å². The summed E-state index contributed by atoms with van der Waals surface area (Å²) in [6.45, 7) is 4.43. The van der Waals surface area contributed by atoms with Crippen molar-refractivity contribution in [1.29, 1.82) is 0 Å². The summed E-state index contributed by atoms with van der Waals surface area (Å²) in [6.07, 6.45) is 6.53. The van der Waals surface area contributed by atoms with Gasteiger partial charge in [-0.2, -0.15) is 0 Å². The number of nitrogens with one attached hydrogen (secondary N) is 1. The molecule has 122 valence electrons. The molecule has 5 nitrogen and oxygen atoms in total. The Morgan fingerprint density at radius 1 is 1.35 bits per heavy atom. The summed E-state index contributed by atoms with van der Waals surface area (Å²) in [5, 5.41) is 3.05. The third-order valence-electron chi connectivity index (χ3n) is 4.22. The maximum absolute atomic E-state index is 12.7. The lowest BCUT2D eigenvalue weighted by Crippen LogP contribution is -2.40. The van der Waals surface area contributed by atoms with Crippen LogP contribution in [0.25, 0.3) is 0 Å². The van der Waals surface area contributed by atoms with E-state index in [1.165, 1.54) is 0 Å². The first kappa shape index (κ1) is 15.7. The number of hydrogen-bond acceptors (Lipinski definition) is 4. The van der Waals surface area contributed by atoms with E-state index < -0.39 is 0 Å². The minimum atomic E-state index is -0.246. The maximum Gasteiger partial charge on any atom is 0.242 e. The molecule has 1 amide bonds. The number of hydrogen-bond donors (Lipinski definition) is 1. The van der Waals surface area contributed by atoms with Gasteiger partial charge in [0, 0.05) is 25.4 Å². The highest BCUT2D eigenvalue weighted by Gasteiger charge is 2.29. The van der Waals surface area contributed by atoms with Crippen molar-refractivity contribution in [2.24, 2.45) is 0 Å². The highest BCUT2D eigenvalue weighted by atomic mass is 16.3. The van der Waals surface area contributed by atoms with Crippen LogP contribution in [0.4, 0.5) is 0 Å². The topological polar surface area (TPSA) is 58.4 Å². The number of carbonyl (C=O) groups is 1.